The molecule has 0 aromatic heterocycles. The lowest BCUT2D eigenvalue weighted by molar-refractivity contribution is -0.240. The SMILES string of the molecule is CC(C)=C(O)[C@]1(O)OC[C@@H](O)[C@@H](O)C1=O. The molecule has 4 N–H and O–H groups in total. The van der Waals surface area contributed by atoms with Crippen LogP contribution in [0.15, 0.2) is 11.3 Å². The number of carbonyl (C=O) groups is 1. The monoisotopic (exact) mass is 218 g/mol. The van der Waals surface area contributed by atoms with E-state index in [9.17, 15) is 20.1 Å². The van der Waals surface area contributed by atoms with Gasteiger partial charge in [0.2, 0.25) is 5.78 Å². The molecule has 1 saturated heterocycles. The third-order valence-corrected chi connectivity index (χ3v) is 2.22. The van der Waals surface area contributed by atoms with Gasteiger partial charge in [0.1, 0.15) is 12.2 Å². The van der Waals surface area contributed by atoms with Crippen LogP contribution in [0.2, 0.25) is 0 Å². The number of ether oxygens (including phenoxy) is 1. The molecule has 1 aliphatic heterocycles. The van der Waals surface area contributed by atoms with Crippen molar-refractivity contribution in [2.45, 2.75) is 31.8 Å². The molecule has 6 nitrogen and oxygen atoms in total. The molecule has 1 heterocycles. The number of ketones is 1. The summed E-state index contributed by atoms with van der Waals surface area (Å²) < 4.78 is 4.67. The Morgan fingerprint density at radius 3 is 2.47 bits per heavy atom. The first kappa shape index (κ1) is 12.1. The van der Waals surface area contributed by atoms with Gasteiger partial charge in [0.25, 0.3) is 5.79 Å². The summed E-state index contributed by atoms with van der Waals surface area (Å²) >= 11 is 0. The van der Waals surface area contributed by atoms with Crippen molar-refractivity contribution < 1.29 is 30.0 Å². The average Bonchev–Trinajstić information content (AvgIpc) is 2.19. The summed E-state index contributed by atoms with van der Waals surface area (Å²) in [6.45, 7) is 2.52. The first-order chi connectivity index (χ1) is 6.80. The summed E-state index contributed by atoms with van der Waals surface area (Å²) in [7, 11) is 0. The molecule has 0 radical (unpaired) electrons. The second kappa shape index (κ2) is 3.90. The number of Topliss-reactive ketones (excluding diaryl/α,β-unsaturated/α-hetero) is 1. The van der Waals surface area contributed by atoms with E-state index in [1.165, 1.54) is 13.8 Å². The predicted octanol–water partition coefficient (Wildman–Crippen LogP) is -1.15. The maximum Gasteiger partial charge on any atom is 0.289 e. The minimum atomic E-state index is -2.54. The van der Waals surface area contributed by atoms with Crippen molar-refractivity contribution in [1.82, 2.24) is 0 Å². The van der Waals surface area contributed by atoms with Crippen LogP contribution in [-0.4, -0.2) is 50.8 Å². The molecule has 1 fully saturated rings. The summed E-state index contributed by atoms with van der Waals surface area (Å²) in [6.07, 6.45) is -3.15. The van der Waals surface area contributed by atoms with E-state index >= 15 is 0 Å². The zero-order valence-electron chi connectivity index (χ0n) is 8.47. The van der Waals surface area contributed by atoms with Crippen LogP contribution >= 0.6 is 0 Å². The average molecular weight is 218 g/mol. The topological polar surface area (TPSA) is 107 Å². The molecule has 0 saturated carbocycles. The van der Waals surface area contributed by atoms with Crippen molar-refractivity contribution >= 4 is 5.78 Å². The van der Waals surface area contributed by atoms with E-state index in [1.54, 1.807) is 0 Å². The molecule has 0 aromatic rings. The van der Waals surface area contributed by atoms with Crippen LogP contribution in [0.4, 0.5) is 0 Å². The highest BCUT2D eigenvalue weighted by Crippen LogP contribution is 2.27. The maximum absolute atomic E-state index is 11.4. The second-order valence-electron chi connectivity index (χ2n) is 3.68. The molecule has 15 heavy (non-hydrogen) atoms. The molecule has 3 atom stereocenters. The van der Waals surface area contributed by atoms with E-state index in [4.69, 9.17) is 5.11 Å². The normalized spacial score (nSPS) is 36.5. The zero-order valence-corrected chi connectivity index (χ0v) is 8.47. The number of hydrogen-bond acceptors (Lipinski definition) is 6. The van der Waals surface area contributed by atoms with Crippen LogP contribution < -0.4 is 0 Å². The number of aliphatic hydroxyl groups excluding tert-OH is 3. The fraction of sp³-hybridized carbons (Fsp3) is 0.667. The van der Waals surface area contributed by atoms with Gasteiger partial charge in [0.15, 0.2) is 5.76 Å². The van der Waals surface area contributed by atoms with Gasteiger partial charge in [-0.1, -0.05) is 0 Å². The summed E-state index contributed by atoms with van der Waals surface area (Å²) in [5.74, 6) is -4.37. The van der Waals surface area contributed by atoms with Crippen molar-refractivity contribution in [3.8, 4) is 0 Å². The summed E-state index contributed by atoms with van der Waals surface area (Å²) in [5.41, 5.74) is 0.287. The van der Waals surface area contributed by atoms with Crippen molar-refractivity contribution in [1.29, 1.82) is 0 Å². The van der Waals surface area contributed by atoms with Crippen LogP contribution in [0.1, 0.15) is 13.8 Å². The van der Waals surface area contributed by atoms with Gasteiger partial charge in [-0.2, -0.15) is 0 Å². The van der Waals surface area contributed by atoms with Gasteiger partial charge >= 0.3 is 0 Å². The molecule has 0 unspecified atom stereocenters. The van der Waals surface area contributed by atoms with E-state index in [2.05, 4.69) is 4.74 Å². The highest BCUT2D eigenvalue weighted by Gasteiger charge is 2.51. The molecule has 0 aromatic carbocycles. The van der Waals surface area contributed by atoms with Gasteiger partial charge in [0.05, 0.1) is 6.61 Å². The molecule has 6 heteroatoms. The highest BCUT2D eigenvalue weighted by atomic mass is 16.6. The molecule has 0 aliphatic carbocycles. The Kier molecular flexibility index (Phi) is 3.15. The van der Waals surface area contributed by atoms with Crippen LogP contribution in [0.3, 0.4) is 0 Å². The number of carbonyl (C=O) groups excluding carboxylic acids is 1. The lowest BCUT2D eigenvalue weighted by Crippen LogP contribution is -2.59. The van der Waals surface area contributed by atoms with Gasteiger partial charge in [-0.05, 0) is 19.4 Å². The second-order valence-corrected chi connectivity index (χ2v) is 3.68. The molecule has 1 aliphatic rings. The number of allylic oxidation sites excluding steroid dienone is 1. The predicted molar refractivity (Wildman–Crippen MR) is 48.9 cm³/mol. The molecular weight excluding hydrogens is 204 g/mol. The van der Waals surface area contributed by atoms with Crippen LogP contribution in [-0.2, 0) is 9.53 Å². The largest absolute Gasteiger partial charge is 0.506 e. The van der Waals surface area contributed by atoms with Gasteiger partial charge in [-0.3, -0.25) is 4.79 Å². The molecule has 0 spiro atoms. The fourth-order valence-electron chi connectivity index (χ4n) is 1.27. The Labute approximate surface area is 86.4 Å². The van der Waals surface area contributed by atoms with Gasteiger partial charge in [0, 0.05) is 0 Å². The Bertz CT molecular complexity index is 306. The Hall–Kier alpha value is -0.950. The van der Waals surface area contributed by atoms with Crippen LogP contribution in [0.25, 0.3) is 0 Å². The fourth-order valence-corrected chi connectivity index (χ4v) is 1.27. The Morgan fingerprint density at radius 2 is 2.00 bits per heavy atom. The maximum atomic E-state index is 11.4. The quantitative estimate of drug-likeness (QED) is 0.414. The van der Waals surface area contributed by atoms with Crippen LogP contribution in [0.5, 0.6) is 0 Å². The smallest absolute Gasteiger partial charge is 0.289 e. The zero-order chi connectivity index (χ0) is 11.8. The molecule has 86 valence electrons. The van der Waals surface area contributed by atoms with E-state index < -0.39 is 36.1 Å². The molecular formula is C9H14O6. The summed E-state index contributed by atoms with van der Waals surface area (Å²) in [6, 6.07) is 0. The van der Waals surface area contributed by atoms with E-state index in [1.807, 2.05) is 0 Å². The number of aliphatic hydroxyl groups is 4. The lowest BCUT2D eigenvalue weighted by atomic mass is 9.96. The first-order valence-corrected chi connectivity index (χ1v) is 4.44. The van der Waals surface area contributed by atoms with E-state index in [-0.39, 0.29) is 5.57 Å². The minimum Gasteiger partial charge on any atom is -0.506 e. The van der Waals surface area contributed by atoms with E-state index in [0.717, 1.165) is 0 Å². The standard InChI is InChI=1S/C9H14O6/c1-4(2)7(12)9(14)8(13)6(11)5(10)3-15-9/h5-6,10-12,14H,3H2,1-2H3/t5-,6-,9+/m1/s1. The molecule has 0 bridgehead atoms. The van der Waals surface area contributed by atoms with Gasteiger partial charge in [-0.15, -0.1) is 0 Å². The van der Waals surface area contributed by atoms with Gasteiger partial charge in [-0.25, -0.2) is 0 Å². The third-order valence-electron chi connectivity index (χ3n) is 2.22. The molecule has 0 amide bonds. The number of hydrogen-bond donors (Lipinski definition) is 4. The Balaban J connectivity index is 3.06. The third kappa shape index (κ3) is 1.89. The summed E-state index contributed by atoms with van der Waals surface area (Å²) in [4.78, 5) is 11.4. The van der Waals surface area contributed by atoms with Crippen molar-refractivity contribution in [3.63, 3.8) is 0 Å². The van der Waals surface area contributed by atoms with Crippen molar-refractivity contribution in [3.05, 3.63) is 11.3 Å². The van der Waals surface area contributed by atoms with E-state index in [0.29, 0.717) is 0 Å². The number of rotatable bonds is 1. The molecule has 1 rings (SSSR count). The minimum absolute atomic E-state index is 0.287. The van der Waals surface area contributed by atoms with Crippen molar-refractivity contribution in [2.75, 3.05) is 6.61 Å². The van der Waals surface area contributed by atoms with Gasteiger partial charge < -0.3 is 25.2 Å². The highest BCUT2D eigenvalue weighted by molar-refractivity contribution is 5.93. The van der Waals surface area contributed by atoms with Crippen molar-refractivity contribution in [2.24, 2.45) is 0 Å². The summed E-state index contributed by atoms with van der Waals surface area (Å²) in [5, 5.41) is 37.5. The Morgan fingerprint density at radius 1 is 1.47 bits per heavy atom. The van der Waals surface area contributed by atoms with Crippen LogP contribution in [0, 0.1) is 0 Å². The lowest BCUT2D eigenvalue weighted by Gasteiger charge is -2.35. The first-order valence-electron chi connectivity index (χ1n) is 4.44.